The summed E-state index contributed by atoms with van der Waals surface area (Å²) in [6, 6.07) is 19.0. The molecule has 0 amide bonds. The first-order chi connectivity index (χ1) is 17.1. The number of aromatic nitrogens is 1. The van der Waals surface area contributed by atoms with E-state index in [-0.39, 0.29) is 21.7 Å². The normalized spacial score (nSPS) is 9.68. The van der Waals surface area contributed by atoms with E-state index in [0.29, 0.717) is 11.8 Å². The summed E-state index contributed by atoms with van der Waals surface area (Å²) in [4.78, 5) is 4.89. The zero-order valence-corrected chi connectivity index (χ0v) is 26.6. The maximum absolute atomic E-state index is 5.02. The van der Waals surface area contributed by atoms with E-state index in [1.54, 1.807) is 42.3 Å². The van der Waals surface area contributed by atoms with Crippen LogP contribution in [0.4, 0.5) is 11.5 Å². The summed E-state index contributed by atoms with van der Waals surface area (Å²) in [6.07, 6.45) is 0. The largest absolute Gasteiger partial charge is 4.00 e. The SMILES string of the molecule is C[N-]C.C[N-]C.C[N-]C.Cc1cccc(C)c1-c1cccc([N-]c2c(C(C)C)cccc2C(C)C)n1.[Ti+4]. The van der Waals surface area contributed by atoms with Gasteiger partial charge in [-0.15, -0.1) is 0 Å². The quantitative estimate of drug-likeness (QED) is 0.299. The van der Waals surface area contributed by atoms with Crippen LogP contribution in [-0.2, 0) is 21.7 Å². The van der Waals surface area contributed by atoms with Gasteiger partial charge >= 0.3 is 21.7 Å². The molecule has 0 fully saturated rings. The monoisotopic (exact) mass is 537 g/mol. The second-order valence-electron chi connectivity index (χ2n) is 9.20. The third-order valence-electron chi connectivity index (χ3n) is 5.04. The summed E-state index contributed by atoms with van der Waals surface area (Å²) < 4.78 is 0. The van der Waals surface area contributed by atoms with E-state index in [1.807, 2.05) is 6.07 Å². The maximum Gasteiger partial charge on any atom is 4.00 e. The van der Waals surface area contributed by atoms with Gasteiger partial charge in [0.2, 0.25) is 0 Å². The second kappa shape index (κ2) is 21.0. The van der Waals surface area contributed by atoms with Crippen molar-refractivity contribution in [1.82, 2.24) is 4.98 Å². The van der Waals surface area contributed by atoms with Crippen LogP contribution in [0.3, 0.4) is 0 Å². The molecule has 0 saturated heterocycles. The molecule has 0 aliphatic heterocycles. The van der Waals surface area contributed by atoms with Crippen LogP contribution >= 0.6 is 0 Å². The Bertz CT molecular complexity index is 951. The molecule has 2 aromatic carbocycles. The molecule has 0 aliphatic carbocycles. The Hall–Kier alpha value is -2.02. The minimum Gasteiger partial charge on any atom is -0.668 e. The molecule has 0 unspecified atom stereocenters. The number of rotatable bonds is 5. The van der Waals surface area contributed by atoms with Gasteiger partial charge in [0.05, 0.1) is 0 Å². The van der Waals surface area contributed by atoms with Crippen LogP contribution in [0.15, 0.2) is 54.6 Å². The third kappa shape index (κ3) is 12.9. The number of pyridine rings is 1. The Balaban J connectivity index is 0. The van der Waals surface area contributed by atoms with Gasteiger partial charge in [-0.25, -0.2) is 0 Å². The van der Waals surface area contributed by atoms with Gasteiger partial charge in [0, 0.05) is 0 Å². The fourth-order valence-corrected chi connectivity index (χ4v) is 3.60. The number of hydrogen-bond acceptors (Lipinski definition) is 1. The van der Waals surface area contributed by atoms with E-state index >= 15 is 0 Å². The molecule has 0 N–H and O–H groups in total. The van der Waals surface area contributed by atoms with Crippen LogP contribution < -0.4 is 0 Å². The summed E-state index contributed by atoms with van der Waals surface area (Å²) in [6.45, 7) is 13.2. The minimum absolute atomic E-state index is 0. The average molecular weight is 538 g/mol. The van der Waals surface area contributed by atoms with Gasteiger partial charge < -0.3 is 26.3 Å². The van der Waals surface area contributed by atoms with E-state index in [2.05, 4.69) is 106 Å². The molecular formula is C31H47N5Ti. The predicted molar refractivity (Wildman–Crippen MR) is 162 cm³/mol. The molecular weight excluding hydrogens is 490 g/mol. The molecule has 5 nitrogen and oxygen atoms in total. The van der Waals surface area contributed by atoms with Crippen molar-refractivity contribution in [3.8, 4) is 11.3 Å². The minimum atomic E-state index is 0. The molecule has 0 spiro atoms. The molecule has 3 aromatic rings. The van der Waals surface area contributed by atoms with Gasteiger partial charge in [0.25, 0.3) is 0 Å². The first-order valence-electron chi connectivity index (χ1n) is 12.4. The third-order valence-corrected chi connectivity index (χ3v) is 5.04. The molecule has 1 aromatic heterocycles. The summed E-state index contributed by atoms with van der Waals surface area (Å²) in [5, 5.41) is 15.5. The number of aryl methyl sites for hydroxylation is 2. The van der Waals surface area contributed by atoms with E-state index in [1.165, 1.54) is 27.8 Å². The van der Waals surface area contributed by atoms with Gasteiger partial charge in [-0.1, -0.05) is 88.1 Å². The van der Waals surface area contributed by atoms with Crippen molar-refractivity contribution in [2.45, 2.75) is 53.4 Å². The molecule has 0 saturated carbocycles. The Morgan fingerprint density at radius 3 is 1.38 bits per heavy atom. The van der Waals surface area contributed by atoms with Gasteiger partial charge in [0.1, 0.15) is 0 Å². The summed E-state index contributed by atoms with van der Waals surface area (Å²) in [5.41, 5.74) is 8.31. The van der Waals surface area contributed by atoms with Crippen molar-refractivity contribution in [2.75, 3.05) is 42.3 Å². The molecule has 0 bridgehead atoms. The first-order valence-corrected chi connectivity index (χ1v) is 12.4. The Kier molecular flexibility index (Phi) is 21.1. The van der Waals surface area contributed by atoms with Crippen molar-refractivity contribution < 1.29 is 21.7 Å². The Morgan fingerprint density at radius 2 is 0.973 bits per heavy atom. The molecule has 37 heavy (non-hydrogen) atoms. The van der Waals surface area contributed by atoms with Crippen LogP contribution in [-0.4, -0.2) is 47.3 Å². The first kappa shape index (κ1) is 37.1. The molecule has 6 heteroatoms. The van der Waals surface area contributed by atoms with Crippen molar-refractivity contribution >= 4 is 11.5 Å². The van der Waals surface area contributed by atoms with Crippen LogP contribution in [0.2, 0.25) is 0 Å². The van der Waals surface area contributed by atoms with Crippen LogP contribution in [0.25, 0.3) is 32.5 Å². The van der Waals surface area contributed by atoms with Crippen LogP contribution in [0, 0.1) is 13.8 Å². The van der Waals surface area contributed by atoms with E-state index in [0.717, 1.165) is 17.2 Å². The molecule has 0 radical (unpaired) electrons. The summed E-state index contributed by atoms with van der Waals surface area (Å²) >= 11 is 0. The van der Waals surface area contributed by atoms with Gasteiger partial charge in [-0.3, -0.25) is 0 Å². The standard InChI is InChI=1S/C25H29N2.3C2H6N.Ti/c1-16(2)20-12-8-13-21(17(3)4)25(20)27-23-15-9-14-22(26-23)24-18(5)10-7-11-19(24)6;3*1-3-2;/h7-17H,1-6H3;3*1-2H3;/q4*-1;+4. The fourth-order valence-electron chi connectivity index (χ4n) is 3.60. The summed E-state index contributed by atoms with van der Waals surface area (Å²) in [7, 11) is 10.5. The molecule has 0 aliphatic rings. The number of benzene rings is 2. The average Bonchev–Trinajstić information content (AvgIpc) is 2.81. The zero-order chi connectivity index (χ0) is 27.7. The Morgan fingerprint density at radius 1 is 0.595 bits per heavy atom. The van der Waals surface area contributed by atoms with Crippen molar-refractivity contribution in [3.05, 3.63) is 98.1 Å². The van der Waals surface area contributed by atoms with Crippen molar-refractivity contribution in [1.29, 1.82) is 0 Å². The van der Waals surface area contributed by atoms with E-state index < -0.39 is 0 Å². The summed E-state index contributed by atoms with van der Waals surface area (Å²) in [5.74, 6) is 1.61. The number of hydrogen-bond donors (Lipinski definition) is 0. The molecule has 3 rings (SSSR count). The molecule has 0 atom stereocenters. The molecule has 200 valence electrons. The van der Waals surface area contributed by atoms with Crippen molar-refractivity contribution in [3.63, 3.8) is 0 Å². The van der Waals surface area contributed by atoms with Gasteiger partial charge in [-0.2, -0.15) is 42.3 Å². The fraction of sp³-hybridized carbons (Fsp3) is 0.452. The number of para-hydroxylation sites is 1. The zero-order valence-electron chi connectivity index (χ0n) is 25.1. The smallest absolute Gasteiger partial charge is 0.668 e. The predicted octanol–water partition coefficient (Wildman–Crippen LogP) is 9.81. The van der Waals surface area contributed by atoms with Crippen molar-refractivity contribution in [2.24, 2.45) is 0 Å². The second-order valence-corrected chi connectivity index (χ2v) is 9.20. The van der Waals surface area contributed by atoms with Crippen LogP contribution in [0.5, 0.6) is 0 Å². The van der Waals surface area contributed by atoms with E-state index in [9.17, 15) is 0 Å². The van der Waals surface area contributed by atoms with Gasteiger partial charge in [0.15, 0.2) is 0 Å². The van der Waals surface area contributed by atoms with Gasteiger partial charge in [-0.05, 0) is 64.9 Å². The molecule has 1 heterocycles. The number of nitrogens with zero attached hydrogens (tertiary/aromatic N) is 5. The van der Waals surface area contributed by atoms with Crippen LogP contribution in [0.1, 0.15) is 61.8 Å². The van der Waals surface area contributed by atoms with E-state index in [4.69, 9.17) is 10.3 Å². The Labute approximate surface area is 242 Å². The maximum atomic E-state index is 5.02. The topological polar surface area (TPSA) is 69.3 Å².